The molecule has 0 bridgehead atoms. The number of hydrogen-bond donors (Lipinski definition) is 1. The fraction of sp³-hybridized carbons (Fsp3) is 0.750. The number of nitrogens with one attached hydrogen (secondary N) is 1. The molecule has 2 saturated carbocycles. The highest BCUT2D eigenvalue weighted by Crippen LogP contribution is 2.43. The summed E-state index contributed by atoms with van der Waals surface area (Å²) in [6.07, 6.45) is 5.29. The Morgan fingerprint density at radius 3 is 2.10 bits per heavy atom. The Labute approximate surface area is 121 Å². The molecule has 4 rings (SSSR count). The number of nitrogens with zero attached hydrogens (tertiary/aromatic N) is 3. The Balaban J connectivity index is 1.61. The summed E-state index contributed by atoms with van der Waals surface area (Å²) in [5.41, 5.74) is 2.64. The summed E-state index contributed by atoms with van der Waals surface area (Å²) < 4.78 is 0. The van der Waals surface area contributed by atoms with Gasteiger partial charge in [0.2, 0.25) is 0 Å². The van der Waals surface area contributed by atoms with Crippen LogP contribution >= 0.6 is 0 Å². The second-order valence-corrected chi connectivity index (χ2v) is 6.59. The molecule has 3 fully saturated rings. The predicted octanol–water partition coefficient (Wildman–Crippen LogP) is 2.20. The van der Waals surface area contributed by atoms with E-state index in [0.717, 1.165) is 43.8 Å². The second kappa shape index (κ2) is 5.08. The van der Waals surface area contributed by atoms with Gasteiger partial charge in [-0.05, 0) is 38.7 Å². The summed E-state index contributed by atoms with van der Waals surface area (Å²) in [4.78, 5) is 12.3. The number of rotatable bonds is 4. The van der Waals surface area contributed by atoms with Crippen LogP contribution in [0.2, 0.25) is 0 Å². The lowest BCUT2D eigenvalue weighted by molar-refractivity contribution is 0.178. The van der Waals surface area contributed by atoms with E-state index in [-0.39, 0.29) is 0 Å². The van der Waals surface area contributed by atoms with Crippen molar-refractivity contribution in [1.82, 2.24) is 20.2 Å². The van der Waals surface area contributed by atoms with Gasteiger partial charge >= 0.3 is 0 Å². The molecule has 1 aromatic heterocycles. The lowest BCUT2D eigenvalue weighted by atomic mass is 10.1. The molecular weight excluding hydrogens is 248 g/mol. The zero-order valence-corrected chi connectivity index (χ0v) is 12.3. The van der Waals surface area contributed by atoms with Crippen LogP contribution in [0.3, 0.4) is 0 Å². The van der Waals surface area contributed by atoms with E-state index in [9.17, 15) is 0 Å². The fourth-order valence-electron chi connectivity index (χ4n) is 3.10. The van der Waals surface area contributed by atoms with Gasteiger partial charge < -0.3 is 5.32 Å². The third-order valence-electron chi connectivity index (χ3n) is 4.85. The highest BCUT2D eigenvalue weighted by molar-refractivity contribution is 5.24. The van der Waals surface area contributed by atoms with Crippen molar-refractivity contribution in [3.8, 4) is 0 Å². The predicted molar refractivity (Wildman–Crippen MR) is 78.8 cm³/mol. The molecule has 20 heavy (non-hydrogen) atoms. The topological polar surface area (TPSA) is 41.1 Å². The first-order chi connectivity index (χ1) is 9.81. The van der Waals surface area contributed by atoms with Gasteiger partial charge in [0.1, 0.15) is 5.82 Å². The average molecular weight is 272 g/mol. The summed E-state index contributed by atoms with van der Waals surface area (Å²) >= 11 is 0. The molecule has 3 aliphatic rings. The SMILES string of the molecule is CC(c1nc(C2CC2)cc(C2CC2)n1)N1CCNCC1. The molecule has 1 N–H and O–H groups in total. The van der Waals surface area contributed by atoms with Crippen LogP contribution in [0.5, 0.6) is 0 Å². The van der Waals surface area contributed by atoms with Crippen LogP contribution < -0.4 is 5.32 Å². The van der Waals surface area contributed by atoms with Crippen molar-refractivity contribution in [3.05, 3.63) is 23.3 Å². The Hall–Kier alpha value is -1.00. The Kier molecular flexibility index (Phi) is 3.23. The zero-order chi connectivity index (χ0) is 13.5. The van der Waals surface area contributed by atoms with Crippen LogP contribution in [0, 0.1) is 0 Å². The molecule has 4 heteroatoms. The fourth-order valence-corrected chi connectivity index (χ4v) is 3.10. The van der Waals surface area contributed by atoms with E-state index in [1.807, 2.05) is 0 Å². The van der Waals surface area contributed by atoms with Crippen LogP contribution in [0.15, 0.2) is 6.07 Å². The average Bonchev–Trinajstić information content (AvgIpc) is 3.39. The molecule has 1 aromatic rings. The van der Waals surface area contributed by atoms with E-state index in [1.165, 1.54) is 37.1 Å². The second-order valence-electron chi connectivity index (χ2n) is 6.59. The monoisotopic (exact) mass is 272 g/mol. The van der Waals surface area contributed by atoms with Crippen LogP contribution in [-0.4, -0.2) is 41.0 Å². The Morgan fingerprint density at radius 2 is 1.60 bits per heavy atom. The molecular formula is C16H24N4. The van der Waals surface area contributed by atoms with E-state index >= 15 is 0 Å². The molecule has 0 aromatic carbocycles. The lowest BCUT2D eigenvalue weighted by Crippen LogP contribution is -2.44. The molecule has 2 heterocycles. The molecule has 1 saturated heterocycles. The van der Waals surface area contributed by atoms with Crippen molar-refractivity contribution in [1.29, 1.82) is 0 Å². The van der Waals surface area contributed by atoms with Crippen LogP contribution in [-0.2, 0) is 0 Å². The van der Waals surface area contributed by atoms with Crippen LogP contribution in [0.1, 0.15) is 67.7 Å². The molecule has 1 unspecified atom stereocenters. The Bertz CT molecular complexity index is 457. The molecule has 0 spiro atoms. The number of aromatic nitrogens is 2. The molecule has 1 aliphatic heterocycles. The zero-order valence-electron chi connectivity index (χ0n) is 12.3. The molecule has 0 radical (unpaired) electrons. The van der Waals surface area contributed by atoms with E-state index in [1.54, 1.807) is 0 Å². The Morgan fingerprint density at radius 1 is 1.05 bits per heavy atom. The summed E-state index contributed by atoms with van der Waals surface area (Å²) in [6, 6.07) is 2.65. The van der Waals surface area contributed by atoms with E-state index < -0.39 is 0 Å². The van der Waals surface area contributed by atoms with Gasteiger partial charge in [-0.25, -0.2) is 9.97 Å². The van der Waals surface area contributed by atoms with Crippen LogP contribution in [0.4, 0.5) is 0 Å². The molecule has 2 aliphatic carbocycles. The first-order valence-electron chi connectivity index (χ1n) is 8.15. The van der Waals surface area contributed by atoms with Gasteiger partial charge in [0.05, 0.1) is 6.04 Å². The van der Waals surface area contributed by atoms with E-state index in [2.05, 4.69) is 23.2 Å². The first-order valence-corrected chi connectivity index (χ1v) is 8.15. The van der Waals surface area contributed by atoms with Gasteiger partial charge in [-0.2, -0.15) is 0 Å². The van der Waals surface area contributed by atoms with E-state index in [0.29, 0.717) is 6.04 Å². The van der Waals surface area contributed by atoms with Gasteiger partial charge in [0.25, 0.3) is 0 Å². The third kappa shape index (κ3) is 2.59. The molecule has 0 amide bonds. The number of hydrogen-bond acceptors (Lipinski definition) is 4. The smallest absolute Gasteiger partial charge is 0.145 e. The third-order valence-corrected chi connectivity index (χ3v) is 4.85. The summed E-state index contributed by atoms with van der Waals surface area (Å²) in [7, 11) is 0. The van der Waals surface area contributed by atoms with E-state index in [4.69, 9.17) is 9.97 Å². The van der Waals surface area contributed by atoms with Gasteiger partial charge in [0, 0.05) is 49.4 Å². The van der Waals surface area contributed by atoms with Gasteiger partial charge in [-0.1, -0.05) is 0 Å². The van der Waals surface area contributed by atoms with Crippen molar-refractivity contribution >= 4 is 0 Å². The molecule has 108 valence electrons. The highest BCUT2D eigenvalue weighted by atomic mass is 15.2. The standard InChI is InChI=1S/C16H24N4/c1-11(20-8-6-17-7-9-20)16-18-14(12-2-3-12)10-15(19-16)13-4-5-13/h10-13,17H,2-9H2,1H3. The van der Waals surface area contributed by atoms with Crippen molar-refractivity contribution in [3.63, 3.8) is 0 Å². The van der Waals surface area contributed by atoms with Gasteiger partial charge in [0.15, 0.2) is 0 Å². The quantitative estimate of drug-likeness (QED) is 0.912. The van der Waals surface area contributed by atoms with Gasteiger partial charge in [-0.3, -0.25) is 4.90 Å². The first kappa shape index (κ1) is 12.7. The minimum absolute atomic E-state index is 0.355. The van der Waals surface area contributed by atoms with Crippen molar-refractivity contribution in [2.75, 3.05) is 26.2 Å². The maximum Gasteiger partial charge on any atom is 0.145 e. The summed E-state index contributed by atoms with van der Waals surface area (Å²) in [5.74, 6) is 2.52. The number of piperazine rings is 1. The van der Waals surface area contributed by atoms with Crippen molar-refractivity contribution in [2.45, 2.75) is 50.5 Å². The summed E-state index contributed by atoms with van der Waals surface area (Å²) in [5, 5.41) is 3.42. The summed E-state index contributed by atoms with van der Waals surface area (Å²) in [6.45, 7) is 6.66. The molecule has 1 atom stereocenters. The minimum atomic E-state index is 0.355. The van der Waals surface area contributed by atoms with Crippen molar-refractivity contribution in [2.24, 2.45) is 0 Å². The minimum Gasteiger partial charge on any atom is -0.314 e. The largest absolute Gasteiger partial charge is 0.314 e. The maximum absolute atomic E-state index is 4.91. The molecule has 4 nitrogen and oxygen atoms in total. The van der Waals surface area contributed by atoms with Crippen LogP contribution in [0.25, 0.3) is 0 Å². The van der Waals surface area contributed by atoms with Gasteiger partial charge in [-0.15, -0.1) is 0 Å². The highest BCUT2D eigenvalue weighted by Gasteiger charge is 2.32. The van der Waals surface area contributed by atoms with Crippen molar-refractivity contribution < 1.29 is 0 Å². The lowest BCUT2D eigenvalue weighted by Gasteiger charge is -2.32. The maximum atomic E-state index is 4.91. The normalized spacial score (nSPS) is 25.6.